The van der Waals surface area contributed by atoms with Crippen molar-refractivity contribution >= 4 is 5.91 Å². The minimum absolute atomic E-state index is 0.115. The minimum Gasteiger partial charge on any atom is -0.382 e. The largest absolute Gasteiger partial charge is 0.382 e. The van der Waals surface area contributed by atoms with Crippen LogP contribution in [0.4, 0.5) is 0 Å². The zero-order valence-corrected chi connectivity index (χ0v) is 15.9. The Kier molecular flexibility index (Phi) is 7.03. The molecule has 2 rings (SSSR count). The van der Waals surface area contributed by atoms with Crippen molar-refractivity contribution in [3.8, 4) is 0 Å². The van der Waals surface area contributed by atoms with Crippen LogP contribution in [-0.2, 0) is 16.8 Å². The molecule has 2 atom stereocenters. The van der Waals surface area contributed by atoms with E-state index in [0.717, 1.165) is 12.0 Å². The van der Waals surface area contributed by atoms with Gasteiger partial charge in [-0.15, -0.1) is 0 Å². The lowest BCUT2D eigenvalue weighted by Gasteiger charge is -2.26. The fourth-order valence-corrected chi connectivity index (χ4v) is 3.55. The molecule has 0 radical (unpaired) electrons. The fourth-order valence-electron chi connectivity index (χ4n) is 3.55. The number of nitrogens with one attached hydrogen (secondary N) is 1. The van der Waals surface area contributed by atoms with Gasteiger partial charge in [-0.3, -0.25) is 4.79 Å². The summed E-state index contributed by atoms with van der Waals surface area (Å²) in [4.78, 5) is 12.2. The van der Waals surface area contributed by atoms with Crippen LogP contribution >= 0.6 is 0 Å². The molecule has 25 heavy (non-hydrogen) atoms. The van der Waals surface area contributed by atoms with Gasteiger partial charge in [0.25, 0.3) is 5.91 Å². The maximum atomic E-state index is 12.2. The van der Waals surface area contributed by atoms with Gasteiger partial charge < -0.3 is 16.2 Å². The van der Waals surface area contributed by atoms with Crippen molar-refractivity contribution in [2.24, 2.45) is 11.7 Å². The maximum absolute atomic E-state index is 12.2. The first-order valence-corrected chi connectivity index (χ1v) is 9.58. The Bertz CT molecular complexity index is 542. The van der Waals surface area contributed by atoms with Crippen LogP contribution in [0.2, 0.25) is 0 Å². The zero-order chi connectivity index (χ0) is 18.4. The average molecular weight is 347 g/mol. The molecular weight excluding hydrogens is 312 g/mol. The molecular formula is C21H34N2O2. The number of nitrogens with two attached hydrogens (primary N) is 1. The SMILES string of the molecule is CC(C)(C)c1ccc(CNC(=O)[C@H](O)[C@H](N)CC2CCCCC2)cc1. The van der Waals surface area contributed by atoms with E-state index in [9.17, 15) is 9.90 Å². The van der Waals surface area contributed by atoms with Crippen molar-refractivity contribution in [2.75, 3.05) is 0 Å². The quantitative estimate of drug-likeness (QED) is 0.740. The highest BCUT2D eigenvalue weighted by atomic mass is 16.3. The molecule has 0 aliphatic heterocycles. The molecule has 4 heteroatoms. The Balaban J connectivity index is 1.80. The molecule has 0 aromatic heterocycles. The second-order valence-electron chi connectivity index (χ2n) is 8.51. The molecule has 1 saturated carbocycles. The second-order valence-corrected chi connectivity index (χ2v) is 8.51. The number of hydrogen-bond acceptors (Lipinski definition) is 3. The molecule has 0 saturated heterocycles. The van der Waals surface area contributed by atoms with Crippen LogP contribution in [0.3, 0.4) is 0 Å². The monoisotopic (exact) mass is 346 g/mol. The number of hydrogen-bond donors (Lipinski definition) is 3. The predicted molar refractivity (Wildman–Crippen MR) is 102 cm³/mol. The number of amides is 1. The van der Waals surface area contributed by atoms with Crippen molar-refractivity contribution < 1.29 is 9.90 Å². The van der Waals surface area contributed by atoms with Crippen molar-refractivity contribution in [1.82, 2.24) is 5.32 Å². The maximum Gasteiger partial charge on any atom is 0.250 e. The van der Waals surface area contributed by atoms with E-state index in [2.05, 4.69) is 38.2 Å². The van der Waals surface area contributed by atoms with Gasteiger partial charge in [-0.2, -0.15) is 0 Å². The van der Waals surface area contributed by atoms with Gasteiger partial charge in [0.05, 0.1) is 0 Å². The molecule has 1 fully saturated rings. The van der Waals surface area contributed by atoms with Crippen LogP contribution in [0.5, 0.6) is 0 Å². The Hall–Kier alpha value is -1.39. The van der Waals surface area contributed by atoms with E-state index in [0.29, 0.717) is 12.5 Å². The number of aliphatic hydroxyl groups excluding tert-OH is 1. The lowest BCUT2D eigenvalue weighted by molar-refractivity contribution is -0.130. The average Bonchev–Trinajstić information content (AvgIpc) is 2.59. The zero-order valence-electron chi connectivity index (χ0n) is 15.9. The predicted octanol–water partition coefficient (Wildman–Crippen LogP) is 3.26. The summed E-state index contributed by atoms with van der Waals surface area (Å²) in [5, 5.41) is 13.0. The first-order chi connectivity index (χ1) is 11.8. The smallest absolute Gasteiger partial charge is 0.250 e. The van der Waals surface area contributed by atoms with E-state index < -0.39 is 12.1 Å². The number of aliphatic hydroxyl groups is 1. The first kappa shape index (κ1) is 19.9. The standard InChI is InChI=1S/C21H34N2O2/c1-21(2,3)17-11-9-16(10-12-17)14-23-20(25)19(24)18(22)13-15-7-5-4-6-8-15/h9-12,15,18-19,24H,4-8,13-14,22H2,1-3H3,(H,23,25)/t18-,19-/m1/s1. The molecule has 4 N–H and O–H groups in total. The van der Waals surface area contributed by atoms with Gasteiger partial charge in [-0.25, -0.2) is 0 Å². The molecule has 0 bridgehead atoms. The summed E-state index contributed by atoms with van der Waals surface area (Å²) in [5.74, 6) is 0.180. The van der Waals surface area contributed by atoms with Crippen molar-refractivity contribution in [2.45, 2.75) is 83.4 Å². The van der Waals surface area contributed by atoms with Crippen molar-refractivity contribution in [1.29, 1.82) is 0 Å². The molecule has 1 aliphatic carbocycles. The summed E-state index contributed by atoms with van der Waals surface area (Å²) in [6.45, 7) is 6.94. The topological polar surface area (TPSA) is 75.3 Å². The van der Waals surface area contributed by atoms with Crippen molar-refractivity contribution in [3.63, 3.8) is 0 Å². The van der Waals surface area contributed by atoms with E-state index in [-0.39, 0.29) is 11.3 Å². The molecule has 0 heterocycles. The first-order valence-electron chi connectivity index (χ1n) is 9.58. The van der Waals surface area contributed by atoms with Gasteiger partial charge in [0.2, 0.25) is 0 Å². The third kappa shape index (κ3) is 6.12. The second kappa shape index (κ2) is 8.81. The Morgan fingerprint density at radius 2 is 1.80 bits per heavy atom. The summed E-state index contributed by atoms with van der Waals surface area (Å²) in [5.41, 5.74) is 8.47. The van der Waals surface area contributed by atoms with E-state index in [4.69, 9.17) is 5.73 Å². The third-order valence-electron chi connectivity index (χ3n) is 5.29. The highest BCUT2D eigenvalue weighted by Crippen LogP contribution is 2.27. The summed E-state index contributed by atoms with van der Waals surface area (Å²) in [6.07, 6.45) is 5.71. The molecule has 1 aromatic rings. The van der Waals surface area contributed by atoms with Crippen LogP contribution in [0.25, 0.3) is 0 Å². The molecule has 1 aromatic carbocycles. The highest BCUT2D eigenvalue weighted by Gasteiger charge is 2.26. The van der Waals surface area contributed by atoms with E-state index in [1.807, 2.05) is 12.1 Å². The fraction of sp³-hybridized carbons (Fsp3) is 0.667. The number of rotatable bonds is 6. The number of benzene rings is 1. The molecule has 0 unspecified atom stereocenters. The minimum atomic E-state index is -1.13. The number of carbonyl (C=O) groups excluding carboxylic acids is 1. The van der Waals surface area contributed by atoms with Crippen LogP contribution in [0.15, 0.2) is 24.3 Å². The Morgan fingerprint density at radius 1 is 1.20 bits per heavy atom. The van der Waals surface area contributed by atoms with Gasteiger partial charge >= 0.3 is 0 Å². The Labute approximate surface area is 152 Å². The molecule has 140 valence electrons. The lowest BCUT2D eigenvalue weighted by Crippen LogP contribution is -2.47. The van der Waals surface area contributed by atoms with Crippen LogP contribution < -0.4 is 11.1 Å². The van der Waals surface area contributed by atoms with Gasteiger partial charge in [0, 0.05) is 12.6 Å². The summed E-state index contributed by atoms with van der Waals surface area (Å²) >= 11 is 0. The molecule has 4 nitrogen and oxygen atoms in total. The molecule has 1 aliphatic rings. The van der Waals surface area contributed by atoms with Crippen molar-refractivity contribution in [3.05, 3.63) is 35.4 Å². The summed E-state index contributed by atoms with van der Waals surface area (Å²) < 4.78 is 0. The summed E-state index contributed by atoms with van der Waals surface area (Å²) in [6, 6.07) is 7.75. The van der Waals surface area contributed by atoms with Gasteiger partial charge in [-0.05, 0) is 28.9 Å². The van der Waals surface area contributed by atoms with Crippen LogP contribution in [-0.4, -0.2) is 23.2 Å². The van der Waals surface area contributed by atoms with E-state index in [1.165, 1.54) is 37.7 Å². The highest BCUT2D eigenvalue weighted by molar-refractivity contribution is 5.81. The molecule has 1 amide bonds. The van der Waals surface area contributed by atoms with E-state index >= 15 is 0 Å². The van der Waals surface area contributed by atoms with Gasteiger partial charge in [-0.1, -0.05) is 77.1 Å². The lowest BCUT2D eigenvalue weighted by atomic mass is 9.84. The van der Waals surface area contributed by atoms with Gasteiger partial charge in [0.1, 0.15) is 6.10 Å². The Morgan fingerprint density at radius 3 is 2.36 bits per heavy atom. The summed E-state index contributed by atoms with van der Waals surface area (Å²) in [7, 11) is 0. The van der Waals surface area contributed by atoms with Crippen LogP contribution in [0, 0.1) is 5.92 Å². The third-order valence-corrected chi connectivity index (χ3v) is 5.29. The number of carbonyl (C=O) groups is 1. The van der Waals surface area contributed by atoms with Gasteiger partial charge in [0.15, 0.2) is 0 Å². The van der Waals surface area contributed by atoms with E-state index in [1.54, 1.807) is 0 Å². The molecule has 0 spiro atoms. The normalized spacial score (nSPS) is 18.6. The van der Waals surface area contributed by atoms with Crippen LogP contribution in [0.1, 0.15) is 70.4 Å².